The summed E-state index contributed by atoms with van der Waals surface area (Å²) in [5.41, 5.74) is 3.12. The third kappa shape index (κ3) is 2.18. The van der Waals surface area contributed by atoms with Gasteiger partial charge in [0.15, 0.2) is 22.9 Å². The number of hydrogen-bond acceptors (Lipinski definition) is 5. The molecular formula is C18H16N4O2. The van der Waals surface area contributed by atoms with Gasteiger partial charge in [0, 0.05) is 6.61 Å². The number of furan rings is 1. The molecule has 1 fully saturated rings. The molecule has 1 atom stereocenters. The fourth-order valence-electron chi connectivity index (χ4n) is 3.26. The van der Waals surface area contributed by atoms with E-state index in [4.69, 9.17) is 14.1 Å². The van der Waals surface area contributed by atoms with Crippen molar-refractivity contribution in [2.75, 3.05) is 6.61 Å². The molecule has 6 heteroatoms. The number of nitrogens with zero attached hydrogens (tertiary/aromatic N) is 4. The summed E-state index contributed by atoms with van der Waals surface area (Å²) < 4.78 is 13.5. The van der Waals surface area contributed by atoms with Gasteiger partial charge in [-0.3, -0.25) is 0 Å². The zero-order valence-electron chi connectivity index (χ0n) is 13.1. The minimum atomic E-state index is 0.185. The minimum absolute atomic E-state index is 0.185. The summed E-state index contributed by atoms with van der Waals surface area (Å²) in [6.07, 6.45) is 3.99. The van der Waals surface area contributed by atoms with E-state index in [-0.39, 0.29) is 6.10 Å². The van der Waals surface area contributed by atoms with Gasteiger partial charge in [0.05, 0.1) is 29.9 Å². The van der Waals surface area contributed by atoms with Crippen molar-refractivity contribution in [3.8, 4) is 11.6 Å². The Bertz CT molecular complexity index is 1000. The average molecular weight is 320 g/mol. The van der Waals surface area contributed by atoms with Gasteiger partial charge >= 0.3 is 0 Å². The number of imidazole rings is 1. The van der Waals surface area contributed by atoms with Crippen molar-refractivity contribution < 1.29 is 9.15 Å². The first-order valence-electron chi connectivity index (χ1n) is 8.17. The van der Waals surface area contributed by atoms with Crippen molar-refractivity contribution in [2.45, 2.75) is 25.5 Å². The summed E-state index contributed by atoms with van der Waals surface area (Å²) in [5, 5.41) is 0. The van der Waals surface area contributed by atoms with E-state index in [1.807, 2.05) is 36.4 Å². The van der Waals surface area contributed by atoms with Crippen molar-refractivity contribution in [2.24, 2.45) is 0 Å². The van der Waals surface area contributed by atoms with Crippen molar-refractivity contribution in [1.82, 2.24) is 19.5 Å². The highest BCUT2D eigenvalue weighted by Gasteiger charge is 2.23. The molecule has 0 aliphatic carbocycles. The van der Waals surface area contributed by atoms with Gasteiger partial charge in [-0.2, -0.15) is 0 Å². The van der Waals surface area contributed by atoms with Gasteiger partial charge in [0.2, 0.25) is 0 Å². The molecule has 3 aromatic heterocycles. The summed E-state index contributed by atoms with van der Waals surface area (Å²) in [7, 11) is 0. The summed E-state index contributed by atoms with van der Waals surface area (Å²) in [6, 6.07) is 11.6. The minimum Gasteiger partial charge on any atom is -0.461 e. The van der Waals surface area contributed by atoms with Crippen LogP contribution in [-0.4, -0.2) is 32.2 Å². The molecule has 5 rings (SSSR count). The average Bonchev–Trinajstić information content (AvgIpc) is 3.35. The van der Waals surface area contributed by atoms with Crippen LogP contribution in [0.25, 0.3) is 33.9 Å². The van der Waals surface area contributed by atoms with Crippen LogP contribution in [0.5, 0.6) is 0 Å². The van der Waals surface area contributed by atoms with Crippen LogP contribution in [0.1, 0.15) is 12.8 Å². The van der Waals surface area contributed by atoms with Gasteiger partial charge in [-0.25, -0.2) is 15.0 Å². The lowest BCUT2D eigenvalue weighted by Crippen LogP contribution is -2.16. The highest BCUT2D eigenvalue weighted by atomic mass is 16.5. The monoisotopic (exact) mass is 320 g/mol. The number of benzene rings is 1. The van der Waals surface area contributed by atoms with E-state index in [2.05, 4.69) is 14.5 Å². The number of ether oxygens (including phenoxy) is 1. The van der Waals surface area contributed by atoms with E-state index in [1.165, 1.54) is 0 Å². The zero-order chi connectivity index (χ0) is 15.9. The Balaban J connectivity index is 1.74. The molecule has 0 unspecified atom stereocenters. The van der Waals surface area contributed by atoms with Gasteiger partial charge in [-0.1, -0.05) is 12.1 Å². The SMILES string of the molecule is c1coc(-c2nc3nc4ccccc4nc3n2C[C@@H]2CCCO2)c1. The van der Waals surface area contributed by atoms with Gasteiger partial charge in [-0.15, -0.1) is 0 Å². The van der Waals surface area contributed by atoms with Gasteiger partial charge in [0.25, 0.3) is 0 Å². The predicted molar refractivity (Wildman–Crippen MR) is 89.5 cm³/mol. The topological polar surface area (TPSA) is 66.0 Å². The molecule has 1 aromatic carbocycles. The lowest BCUT2D eigenvalue weighted by molar-refractivity contribution is 0.0980. The number of rotatable bonds is 3. The number of hydrogen-bond donors (Lipinski definition) is 0. The van der Waals surface area contributed by atoms with E-state index >= 15 is 0 Å². The normalized spacial score (nSPS) is 17.9. The molecule has 1 saturated heterocycles. The molecule has 1 aliphatic heterocycles. The molecule has 120 valence electrons. The molecule has 0 radical (unpaired) electrons. The third-order valence-corrected chi connectivity index (χ3v) is 4.41. The standard InChI is InChI=1S/C18H16N4O2/c1-2-7-14-13(6-1)19-16-18(20-14)22(11-12-5-3-9-23-12)17(21-16)15-8-4-10-24-15/h1-2,4,6-8,10,12H,3,5,9,11H2/t12-/m0/s1. The van der Waals surface area contributed by atoms with E-state index in [9.17, 15) is 0 Å². The fourth-order valence-corrected chi connectivity index (χ4v) is 3.26. The van der Waals surface area contributed by atoms with Crippen LogP contribution in [0.4, 0.5) is 0 Å². The first kappa shape index (κ1) is 13.7. The Kier molecular flexibility index (Phi) is 3.09. The van der Waals surface area contributed by atoms with Gasteiger partial charge < -0.3 is 13.7 Å². The number of fused-ring (bicyclic) bond motifs is 2. The van der Waals surface area contributed by atoms with Crippen LogP contribution in [-0.2, 0) is 11.3 Å². The van der Waals surface area contributed by atoms with Crippen molar-refractivity contribution in [1.29, 1.82) is 0 Å². The molecule has 6 nitrogen and oxygen atoms in total. The Morgan fingerprint density at radius 1 is 1.04 bits per heavy atom. The van der Waals surface area contributed by atoms with Gasteiger partial charge in [-0.05, 0) is 37.1 Å². The second kappa shape index (κ2) is 5.42. The second-order valence-electron chi connectivity index (χ2n) is 6.02. The van der Waals surface area contributed by atoms with Crippen LogP contribution in [0.3, 0.4) is 0 Å². The molecule has 0 bridgehead atoms. The van der Waals surface area contributed by atoms with Crippen LogP contribution < -0.4 is 0 Å². The molecule has 4 aromatic rings. The van der Waals surface area contributed by atoms with E-state index in [0.717, 1.165) is 47.7 Å². The molecule has 1 aliphatic rings. The molecule has 4 heterocycles. The highest BCUT2D eigenvalue weighted by molar-refractivity contribution is 5.84. The fraction of sp³-hybridized carbons (Fsp3) is 0.278. The lowest BCUT2D eigenvalue weighted by Gasteiger charge is -2.12. The summed E-state index contributed by atoms with van der Waals surface area (Å²) in [5.74, 6) is 1.47. The van der Waals surface area contributed by atoms with Crippen LogP contribution in [0.2, 0.25) is 0 Å². The van der Waals surface area contributed by atoms with E-state index in [1.54, 1.807) is 6.26 Å². The molecule has 0 spiro atoms. The van der Waals surface area contributed by atoms with Gasteiger partial charge in [0.1, 0.15) is 0 Å². The predicted octanol–water partition coefficient (Wildman–Crippen LogP) is 3.42. The van der Waals surface area contributed by atoms with Crippen LogP contribution >= 0.6 is 0 Å². The Hall–Kier alpha value is -2.73. The maximum atomic E-state index is 5.81. The van der Waals surface area contributed by atoms with E-state index < -0.39 is 0 Å². The van der Waals surface area contributed by atoms with Crippen molar-refractivity contribution in [3.63, 3.8) is 0 Å². The largest absolute Gasteiger partial charge is 0.461 e. The zero-order valence-corrected chi connectivity index (χ0v) is 13.1. The first-order valence-corrected chi connectivity index (χ1v) is 8.17. The highest BCUT2D eigenvalue weighted by Crippen LogP contribution is 2.27. The summed E-state index contributed by atoms with van der Waals surface area (Å²) >= 11 is 0. The Labute approximate surface area is 138 Å². The smallest absolute Gasteiger partial charge is 0.198 e. The third-order valence-electron chi connectivity index (χ3n) is 4.41. The number of aromatic nitrogens is 4. The molecule has 0 N–H and O–H groups in total. The summed E-state index contributed by atoms with van der Waals surface area (Å²) in [6.45, 7) is 1.53. The second-order valence-corrected chi connectivity index (χ2v) is 6.02. The molecule has 24 heavy (non-hydrogen) atoms. The maximum absolute atomic E-state index is 5.81. The Morgan fingerprint density at radius 3 is 2.67 bits per heavy atom. The number of para-hydroxylation sites is 2. The van der Waals surface area contributed by atoms with Crippen LogP contribution in [0, 0.1) is 0 Å². The quantitative estimate of drug-likeness (QED) is 0.578. The van der Waals surface area contributed by atoms with Crippen molar-refractivity contribution >= 4 is 22.3 Å². The molecular weight excluding hydrogens is 304 g/mol. The lowest BCUT2D eigenvalue weighted by atomic mass is 10.2. The summed E-state index contributed by atoms with van der Waals surface area (Å²) in [4.78, 5) is 14.1. The Morgan fingerprint density at radius 2 is 1.92 bits per heavy atom. The molecule has 0 amide bonds. The van der Waals surface area contributed by atoms with Crippen LogP contribution in [0.15, 0.2) is 47.1 Å². The first-order chi connectivity index (χ1) is 11.9. The maximum Gasteiger partial charge on any atom is 0.198 e. The van der Waals surface area contributed by atoms with E-state index in [0.29, 0.717) is 12.2 Å². The molecule has 0 saturated carbocycles. The van der Waals surface area contributed by atoms with Crippen molar-refractivity contribution in [3.05, 3.63) is 42.7 Å².